The van der Waals surface area contributed by atoms with Crippen molar-refractivity contribution in [2.45, 2.75) is 37.8 Å². The summed E-state index contributed by atoms with van der Waals surface area (Å²) in [5, 5.41) is 3.41. The van der Waals surface area contributed by atoms with Crippen LogP contribution in [-0.4, -0.2) is 43.2 Å². The largest absolute Gasteiger partial charge is 0.327 e. The van der Waals surface area contributed by atoms with Gasteiger partial charge in [-0.1, -0.05) is 0 Å². The fraction of sp³-hybridized carbons (Fsp3) is 1.00. The summed E-state index contributed by atoms with van der Waals surface area (Å²) in [5.74, 6) is 0. The van der Waals surface area contributed by atoms with Crippen molar-refractivity contribution in [2.24, 2.45) is 5.73 Å². The Morgan fingerprint density at radius 1 is 1.15 bits per heavy atom. The molecule has 76 valence electrons. The lowest BCUT2D eigenvalue weighted by Gasteiger charge is -2.39. The zero-order valence-electron chi connectivity index (χ0n) is 8.34. The second-order valence-corrected chi connectivity index (χ2v) is 4.38. The zero-order valence-corrected chi connectivity index (χ0v) is 8.34. The molecule has 0 aliphatic carbocycles. The van der Waals surface area contributed by atoms with Gasteiger partial charge in [0.15, 0.2) is 0 Å². The maximum atomic E-state index is 5.97. The zero-order chi connectivity index (χ0) is 9.10. The SMILES string of the molecule is N[C@H]1CCCN(C2CCNCC2)C1. The average molecular weight is 183 g/mol. The molecule has 0 amide bonds. The molecule has 0 bridgehead atoms. The van der Waals surface area contributed by atoms with Crippen LogP contribution >= 0.6 is 0 Å². The normalized spacial score (nSPS) is 33.5. The molecule has 3 nitrogen and oxygen atoms in total. The van der Waals surface area contributed by atoms with E-state index in [2.05, 4.69) is 10.2 Å². The third kappa shape index (κ3) is 2.42. The van der Waals surface area contributed by atoms with Gasteiger partial charge < -0.3 is 11.1 Å². The summed E-state index contributed by atoms with van der Waals surface area (Å²) in [6.07, 6.45) is 5.14. The molecule has 2 rings (SSSR count). The van der Waals surface area contributed by atoms with Gasteiger partial charge in [-0.25, -0.2) is 0 Å². The summed E-state index contributed by atoms with van der Waals surface area (Å²) in [6, 6.07) is 1.25. The van der Waals surface area contributed by atoms with Gasteiger partial charge in [-0.15, -0.1) is 0 Å². The van der Waals surface area contributed by atoms with Crippen molar-refractivity contribution >= 4 is 0 Å². The van der Waals surface area contributed by atoms with Crippen LogP contribution in [0.1, 0.15) is 25.7 Å². The van der Waals surface area contributed by atoms with E-state index in [1.54, 1.807) is 0 Å². The molecule has 2 aliphatic heterocycles. The highest BCUT2D eigenvalue weighted by Gasteiger charge is 2.24. The van der Waals surface area contributed by atoms with Crippen LogP contribution < -0.4 is 11.1 Å². The van der Waals surface area contributed by atoms with E-state index in [0.29, 0.717) is 6.04 Å². The van der Waals surface area contributed by atoms with Crippen molar-refractivity contribution < 1.29 is 0 Å². The predicted octanol–water partition coefficient (Wildman–Crippen LogP) is 0.162. The van der Waals surface area contributed by atoms with Crippen LogP contribution in [0.5, 0.6) is 0 Å². The van der Waals surface area contributed by atoms with Crippen molar-refractivity contribution in [3.8, 4) is 0 Å². The molecular weight excluding hydrogens is 162 g/mol. The van der Waals surface area contributed by atoms with E-state index in [1.807, 2.05) is 0 Å². The van der Waals surface area contributed by atoms with E-state index in [9.17, 15) is 0 Å². The Bertz CT molecular complexity index is 154. The first-order chi connectivity index (χ1) is 6.36. The molecule has 2 heterocycles. The van der Waals surface area contributed by atoms with Crippen LogP contribution in [0.25, 0.3) is 0 Å². The Hall–Kier alpha value is -0.120. The molecule has 1 atom stereocenters. The van der Waals surface area contributed by atoms with Gasteiger partial charge in [-0.2, -0.15) is 0 Å². The standard InChI is InChI=1S/C10H21N3/c11-9-2-1-7-13(8-9)10-3-5-12-6-4-10/h9-10,12H,1-8,11H2/t9-/m0/s1. The van der Waals surface area contributed by atoms with Crippen molar-refractivity contribution in [1.82, 2.24) is 10.2 Å². The van der Waals surface area contributed by atoms with E-state index in [1.165, 1.54) is 45.3 Å². The van der Waals surface area contributed by atoms with Gasteiger partial charge in [-0.3, -0.25) is 4.90 Å². The summed E-state index contributed by atoms with van der Waals surface area (Å²) < 4.78 is 0. The minimum atomic E-state index is 0.434. The predicted molar refractivity (Wildman–Crippen MR) is 54.7 cm³/mol. The summed E-state index contributed by atoms with van der Waals surface area (Å²) in [6.45, 7) is 4.79. The second kappa shape index (κ2) is 4.40. The number of likely N-dealkylation sites (tertiary alicyclic amines) is 1. The first-order valence-electron chi connectivity index (χ1n) is 5.56. The maximum absolute atomic E-state index is 5.97. The molecule has 2 fully saturated rings. The molecule has 13 heavy (non-hydrogen) atoms. The average Bonchev–Trinajstić information content (AvgIpc) is 2.19. The molecule has 0 unspecified atom stereocenters. The molecule has 2 saturated heterocycles. The molecule has 0 radical (unpaired) electrons. The van der Waals surface area contributed by atoms with E-state index in [-0.39, 0.29) is 0 Å². The fourth-order valence-electron chi connectivity index (χ4n) is 2.54. The van der Waals surface area contributed by atoms with Gasteiger partial charge in [0.2, 0.25) is 0 Å². The third-order valence-electron chi connectivity index (χ3n) is 3.31. The third-order valence-corrected chi connectivity index (χ3v) is 3.31. The second-order valence-electron chi connectivity index (χ2n) is 4.38. The monoisotopic (exact) mass is 183 g/mol. The Kier molecular flexibility index (Phi) is 3.19. The Morgan fingerprint density at radius 2 is 1.92 bits per heavy atom. The van der Waals surface area contributed by atoms with Crippen LogP contribution in [0.2, 0.25) is 0 Å². The maximum Gasteiger partial charge on any atom is 0.0168 e. The fourth-order valence-corrected chi connectivity index (χ4v) is 2.54. The Labute approximate surface area is 80.7 Å². The summed E-state index contributed by atoms with van der Waals surface area (Å²) >= 11 is 0. The van der Waals surface area contributed by atoms with Gasteiger partial charge in [0.05, 0.1) is 0 Å². The summed E-state index contributed by atoms with van der Waals surface area (Å²) in [7, 11) is 0. The molecule has 3 heteroatoms. The molecule has 0 spiro atoms. The Balaban J connectivity index is 1.83. The minimum absolute atomic E-state index is 0.434. The minimum Gasteiger partial charge on any atom is -0.327 e. The Morgan fingerprint density at radius 3 is 2.62 bits per heavy atom. The molecule has 0 aromatic rings. The molecule has 3 N–H and O–H groups in total. The number of nitrogens with zero attached hydrogens (tertiary/aromatic N) is 1. The van der Waals surface area contributed by atoms with E-state index < -0.39 is 0 Å². The van der Waals surface area contributed by atoms with E-state index >= 15 is 0 Å². The molecular formula is C10H21N3. The number of rotatable bonds is 1. The van der Waals surface area contributed by atoms with Crippen molar-refractivity contribution in [3.63, 3.8) is 0 Å². The summed E-state index contributed by atoms with van der Waals surface area (Å²) in [5.41, 5.74) is 5.97. The highest BCUT2D eigenvalue weighted by atomic mass is 15.2. The lowest BCUT2D eigenvalue weighted by molar-refractivity contribution is 0.124. The highest BCUT2D eigenvalue weighted by molar-refractivity contribution is 4.83. The number of hydrogen-bond donors (Lipinski definition) is 2. The van der Waals surface area contributed by atoms with Gasteiger partial charge in [0, 0.05) is 18.6 Å². The van der Waals surface area contributed by atoms with Crippen molar-refractivity contribution in [1.29, 1.82) is 0 Å². The van der Waals surface area contributed by atoms with Crippen molar-refractivity contribution in [3.05, 3.63) is 0 Å². The number of nitrogens with one attached hydrogen (secondary N) is 1. The van der Waals surface area contributed by atoms with E-state index in [0.717, 1.165) is 12.6 Å². The van der Waals surface area contributed by atoms with Crippen LogP contribution in [-0.2, 0) is 0 Å². The molecule has 0 aromatic heterocycles. The van der Waals surface area contributed by atoms with Crippen LogP contribution in [0.15, 0.2) is 0 Å². The van der Waals surface area contributed by atoms with Crippen LogP contribution in [0.3, 0.4) is 0 Å². The topological polar surface area (TPSA) is 41.3 Å². The van der Waals surface area contributed by atoms with Crippen LogP contribution in [0.4, 0.5) is 0 Å². The van der Waals surface area contributed by atoms with Gasteiger partial charge in [-0.05, 0) is 45.3 Å². The number of nitrogens with two attached hydrogens (primary N) is 1. The molecule has 2 aliphatic rings. The highest BCUT2D eigenvalue weighted by Crippen LogP contribution is 2.17. The van der Waals surface area contributed by atoms with Gasteiger partial charge in [0.25, 0.3) is 0 Å². The number of piperidine rings is 2. The van der Waals surface area contributed by atoms with Crippen molar-refractivity contribution in [2.75, 3.05) is 26.2 Å². The number of hydrogen-bond acceptors (Lipinski definition) is 3. The lowest BCUT2D eigenvalue weighted by atomic mass is 9.99. The van der Waals surface area contributed by atoms with E-state index in [4.69, 9.17) is 5.73 Å². The van der Waals surface area contributed by atoms with Crippen LogP contribution in [0, 0.1) is 0 Å². The van der Waals surface area contributed by atoms with Gasteiger partial charge >= 0.3 is 0 Å². The summed E-state index contributed by atoms with van der Waals surface area (Å²) in [4.78, 5) is 2.61. The lowest BCUT2D eigenvalue weighted by Crippen LogP contribution is -2.50. The van der Waals surface area contributed by atoms with Gasteiger partial charge in [0.1, 0.15) is 0 Å². The quantitative estimate of drug-likeness (QED) is 0.608. The molecule has 0 saturated carbocycles. The first kappa shape index (κ1) is 9.44. The smallest absolute Gasteiger partial charge is 0.0168 e. The first-order valence-corrected chi connectivity index (χ1v) is 5.56. The molecule has 0 aromatic carbocycles.